The van der Waals surface area contributed by atoms with Crippen molar-refractivity contribution in [3.8, 4) is 11.6 Å². The molecule has 0 saturated heterocycles. The number of aromatic nitrogens is 4. The molecule has 22 heavy (non-hydrogen) atoms. The van der Waals surface area contributed by atoms with E-state index in [1.54, 1.807) is 16.8 Å². The van der Waals surface area contributed by atoms with Crippen LogP contribution in [0.5, 0.6) is 0 Å². The molecule has 7 heteroatoms. The minimum Gasteiger partial charge on any atom is -0.461 e. The van der Waals surface area contributed by atoms with Crippen LogP contribution in [0.1, 0.15) is 24.4 Å². The summed E-state index contributed by atoms with van der Waals surface area (Å²) in [5.74, 6) is 2.24. The Hall–Kier alpha value is -2.02. The molecule has 0 bridgehead atoms. The number of ketones is 1. The number of halogens is 1. The van der Waals surface area contributed by atoms with Crippen molar-refractivity contribution in [1.82, 2.24) is 19.6 Å². The van der Waals surface area contributed by atoms with Crippen LogP contribution >= 0.6 is 15.9 Å². The zero-order chi connectivity index (χ0) is 15.3. The van der Waals surface area contributed by atoms with E-state index < -0.39 is 0 Å². The number of aryl methyl sites for hydroxylation is 1. The lowest BCUT2D eigenvalue weighted by Gasteiger charge is -2.07. The standard InChI is InChI=1S/C15H13BrN4O2/c1-8-17-15-13(16)10(7-11(21)9-4-5-9)18-14(20(15)19-8)12-3-2-6-22-12/h2-3,6,9H,4-5,7H2,1H3. The Morgan fingerprint density at radius 1 is 1.45 bits per heavy atom. The van der Waals surface area contributed by atoms with Gasteiger partial charge in [-0.2, -0.15) is 4.52 Å². The fourth-order valence-electron chi connectivity index (χ4n) is 2.46. The number of fused-ring (bicyclic) bond motifs is 1. The van der Waals surface area contributed by atoms with Crippen molar-refractivity contribution < 1.29 is 9.21 Å². The van der Waals surface area contributed by atoms with Crippen LogP contribution in [0.25, 0.3) is 17.2 Å². The number of nitrogens with zero attached hydrogens (tertiary/aromatic N) is 4. The van der Waals surface area contributed by atoms with Gasteiger partial charge in [-0.05, 0) is 47.8 Å². The molecule has 0 aliphatic heterocycles. The first kappa shape index (κ1) is 13.6. The maximum atomic E-state index is 12.1. The van der Waals surface area contributed by atoms with E-state index in [1.165, 1.54) is 0 Å². The highest BCUT2D eigenvalue weighted by Gasteiger charge is 2.30. The zero-order valence-corrected chi connectivity index (χ0v) is 13.5. The van der Waals surface area contributed by atoms with Gasteiger partial charge in [-0.3, -0.25) is 4.79 Å². The Labute approximate surface area is 134 Å². The molecule has 0 aromatic carbocycles. The van der Waals surface area contributed by atoms with Crippen molar-refractivity contribution >= 4 is 27.4 Å². The van der Waals surface area contributed by atoms with Gasteiger partial charge in [0.15, 0.2) is 17.2 Å². The average Bonchev–Trinajstić information content (AvgIpc) is 3.06. The number of carbonyl (C=O) groups is 1. The summed E-state index contributed by atoms with van der Waals surface area (Å²) >= 11 is 3.52. The highest BCUT2D eigenvalue weighted by atomic mass is 79.9. The molecule has 1 aliphatic rings. The van der Waals surface area contributed by atoms with Gasteiger partial charge in [0, 0.05) is 5.92 Å². The van der Waals surface area contributed by atoms with Gasteiger partial charge < -0.3 is 4.42 Å². The number of hydrogen-bond donors (Lipinski definition) is 0. The van der Waals surface area contributed by atoms with E-state index in [0.29, 0.717) is 35.2 Å². The third kappa shape index (κ3) is 2.25. The molecule has 0 unspecified atom stereocenters. The second-order valence-corrected chi connectivity index (χ2v) is 6.28. The van der Waals surface area contributed by atoms with Crippen molar-refractivity contribution in [2.45, 2.75) is 26.2 Å². The molecular formula is C15H13BrN4O2. The molecule has 0 radical (unpaired) electrons. The molecule has 1 fully saturated rings. The molecule has 3 heterocycles. The predicted molar refractivity (Wildman–Crippen MR) is 82.4 cm³/mol. The summed E-state index contributed by atoms with van der Waals surface area (Å²) < 4.78 is 7.81. The maximum Gasteiger partial charge on any atom is 0.199 e. The highest BCUT2D eigenvalue weighted by molar-refractivity contribution is 9.10. The van der Waals surface area contributed by atoms with Gasteiger partial charge in [-0.1, -0.05) is 0 Å². The number of furan rings is 1. The number of Topliss-reactive ketones (excluding diaryl/α,β-unsaturated/α-hetero) is 1. The monoisotopic (exact) mass is 360 g/mol. The number of rotatable bonds is 4. The van der Waals surface area contributed by atoms with Crippen molar-refractivity contribution in [2.75, 3.05) is 0 Å². The van der Waals surface area contributed by atoms with Gasteiger partial charge >= 0.3 is 0 Å². The van der Waals surface area contributed by atoms with Crippen LogP contribution in [0.15, 0.2) is 27.3 Å². The summed E-state index contributed by atoms with van der Waals surface area (Å²) in [6, 6.07) is 3.61. The Morgan fingerprint density at radius 2 is 2.27 bits per heavy atom. The topological polar surface area (TPSA) is 73.3 Å². The molecule has 0 N–H and O–H groups in total. The fraction of sp³-hybridized carbons (Fsp3) is 0.333. The van der Waals surface area contributed by atoms with Gasteiger partial charge in [0.1, 0.15) is 11.6 Å². The second kappa shape index (κ2) is 5.01. The Morgan fingerprint density at radius 3 is 2.95 bits per heavy atom. The Kier molecular flexibility index (Phi) is 3.11. The number of hydrogen-bond acceptors (Lipinski definition) is 5. The molecule has 1 saturated carbocycles. The van der Waals surface area contributed by atoms with E-state index in [4.69, 9.17) is 4.42 Å². The third-order valence-corrected chi connectivity index (χ3v) is 4.53. The molecule has 0 amide bonds. The quantitative estimate of drug-likeness (QED) is 0.714. The molecule has 0 spiro atoms. The first-order valence-corrected chi connectivity index (χ1v) is 7.91. The van der Waals surface area contributed by atoms with Crippen LogP contribution in [-0.4, -0.2) is 25.4 Å². The molecule has 1 aliphatic carbocycles. The molecule has 0 atom stereocenters. The van der Waals surface area contributed by atoms with Gasteiger partial charge in [0.05, 0.1) is 22.9 Å². The zero-order valence-electron chi connectivity index (χ0n) is 11.9. The fourth-order valence-corrected chi connectivity index (χ4v) is 2.94. The first-order valence-electron chi connectivity index (χ1n) is 7.12. The van der Waals surface area contributed by atoms with Crippen LogP contribution in [0, 0.1) is 12.8 Å². The highest BCUT2D eigenvalue weighted by Crippen LogP contribution is 2.33. The lowest BCUT2D eigenvalue weighted by atomic mass is 10.1. The molecule has 3 aromatic rings. The minimum atomic E-state index is 0.205. The van der Waals surface area contributed by atoms with Crippen molar-refractivity contribution in [3.05, 3.63) is 34.4 Å². The van der Waals surface area contributed by atoms with Crippen LogP contribution in [0.3, 0.4) is 0 Å². The van der Waals surface area contributed by atoms with Crippen molar-refractivity contribution in [2.24, 2.45) is 5.92 Å². The molecule has 112 valence electrons. The molecule has 3 aromatic heterocycles. The van der Waals surface area contributed by atoms with E-state index >= 15 is 0 Å². The minimum absolute atomic E-state index is 0.205. The number of carbonyl (C=O) groups excluding carboxylic acids is 1. The summed E-state index contributed by atoms with van der Waals surface area (Å²) in [5, 5.41) is 4.37. The van der Waals surface area contributed by atoms with E-state index in [-0.39, 0.29) is 11.7 Å². The van der Waals surface area contributed by atoms with Crippen LogP contribution in [0.2, 0.25) is 0 Å². The van der Waals surface area contributed by atoms with E-state index in [1.807, 2.05) is 13.0 Å². The van der Waals surface area contributed by atoms with Gasteiger partial charge in [-0.15, -0.1) is 5.10 Å². The van der Waals surface area contributed by atoms with Crippen LogP contribution in [0.4, 0.5) is 0 Å². The molecule has 6 nitrogen and oxygen atoms in total. The van der Waals surface area contributed by atoms with Gasteiger partial charge in [0.2, 0.25) is 0 Å². The second-order valence-electron chi connectivity index (χ2n) is 5.49. The largest absolute Gasteiger partial charge is 0.461 e. The van der Waals surface area contributed by atoms with E-state index in [2.05, 4.69) is 31.0 Å². The summed E-state index contributed by atoms with van der Waals surface area (Å²) in [6.07, 6.45) is 3.88. The predicted octanol–water partition coefficient (Wildman–Crippen LogP) is 2.98. The average molecular weight is 361 g/mol. The summed E-state index contributed by atoms with van der Waals surface area (Å²) in [7, 11) is 0. The Bertz CT molecular complexity index is 865. The lowest BCUT2D eigenvalue weighted by molar-refractivity contribution is -0.119. The van der Waals surface area contributed by atoms with Crippen molar-refractivity contribution in [1.29, 1.82) is 0 Å². The van der Waals surface area contributed by atoms with Gasteiger partial charge in [0.25, 0.3) is 0 Å². The summed E-state index contributed by atoms with van der Waals surface area (Å²) in [4.78, 5) is 21.2. The maximum absolute atomic E-state index is 12.1. The van der Waals surface area contributed by atoms with Gasteiger partial charge in [-0.25, -0.2) is 9.97 Å². The third-order valence-electron chi connectivity index (χ3n) is 3.72. The SMILES string of the molecule is Cc1nc2c(Br)c(CC(=O)C3CC3)nc(-c3ccco3)n2n1. The lowest BCUT2D eigenvalue weighted by Crippen LogP contribution is -2.10. The van der Waals surface area contributed by atoms with Crippen LogP contribution in [-0.2, 0) is 11.2 Å². The summed E-state index contributed by atoms with van der Waals surface area (Å²) in [6.45, 7) is 1.82. The van der Waals surface area contributed by atoms with E-state index in [0.717, 1.165) is 17.3 Å². The first-order chi connectivity index (χ1) is 10.6. The molecule has 4 rings (SSSR count). The Balaban J connectivity index is 1.89. The van der Waals surface area contributed by atoms with Crippen molar-refractivity contribution in [3.63, 3.8) is 0 Å². The smallest absolute Gasteiger partial charge is 0.199 e. The summed E-state index contributed by atoms with van der Waals surface area (Å²) in [5.41, 5.74) is 1.33. The molecular weight excluding hydrogens is 348 g/mol. The van der Waals surface area contributed by atoms with Crippen LogP contribution < -0.4 is 0 Å². The normalized spacial score (nSPS) is 14.6. The van der Waals surface area contributed by atoms with E-state index in [9.17, 15) is 4.79 Å².